The molecule has 0 spiro atoms. The van der Waals surface area contributed by atoms with Crippen LogP contribution in [0, 0.1) is 5.41 Å². The van der Waals surface area contributed by atoms with Gasteiger partial charge in [0.1, 0.15) is 0 Å². The molecule has 2 aromatic heterocycles. The molecule has 2 aromatic rings. The first kappa shape index (κ1) is 15.3. The highest BCUT2D eigenvalue weighted by atomic mass is 32.1. The van der Waals surface area contributed by atoms with E-state index in [1.807, 2.05) is 7.05 Å². The zero-order valence-electron chi connectivity index (χ0n) is 13.5. The van der Waals surface area contributed by atoms with E-state index in [4.69, 9.17) is 4.42 Å². The van der Waals surface area contributed by atoms with E-state index in [2.05, 4.69) is 21.2 Å². The van der Waals surface area contributed by atoms with Crippen LogP contribution in [0.2, 0.25) is 0 Å². The number of aryl methyl sites for hydroxylation is 2. The summed E-state index contributed by atoms with van der Waals surface area (Å²) in [5.74, 6) is 1.30. The first-order valence-electron chi connectivity index (χ1n) is 8.41. The average Bonchev–Trinajstić information content (AvgIpc) is 2.98. The van der Waals surface area contributed by atoms with Gasteiger partial charge < -0.3 is 9.52 Å². The predicted molar refractivity (Wildman–Crippen MR) is 89.3 cm³/mol. The van der Waals surface area contributed by atoms with Crippen molar-refractivity contribution < 1.29 is 9.52 Å². The Morgan fingerprint density at radius 2 is 2.13 bits per heavy atom. The molecule has 0 bridgehead atoms. The van der Waals surface area contributed by atoms with Crippen molar-refractivity contribution in [2.75, 3.05) is 20.2 Å². The summed E-state index contributed by atoms with van der Waals surface area (Å²) >= 11 is 1.80. The van der Waals surface area contributed by atoms with Gasteiger partial charge in [0, 0.05) is 23.4 Å². The molecular weight excluding hydrogens is 310 g/mol. The molecule has 2 heterocycles. The van der Waals surface area contributed by atoms with Gasteiger partial charge in [-0.2, -0.15) is 0 Å². The van der Waals surface area contributed by atoms with Crippen LogP contribution in [0.4, 0.5) is 0 Å². The maximum atomic E-state index is 9.43. The summed E-state index contributed by atoms with van der Waals surface area (Å²) < 4.78 is 5.87. The number of aliphatic hydroxyl groups is 1. The zero-order valence-corrected chi connectivity index (χ0v) is 14.4. The predicted octanol–water partition coefficient (Wildman–Crippen LogP) is 2.88. The van der Waals surface area contributed by atoms with Crippen LogP contribution >= 0.6 is 11.3 Å². The third kappa shape index (κ3) is 3.20. The number of rotatable bonds is 6. The molecule has 0 unspecified atom stereocenters. The SMILES string of the molecule is CN(Cc1nnc(-c2cc3c(s2)CCCC3)o1)CC1(CO)CC1. The van der Waals surface area contributed by atoms with Crippen molar-refractivity contribution in [3.8, 4) is 10.8 Å². The Bertz CT molecular complexity index is 666. The van der Waals surface area contributed by atoms with E-state index < -0.39 is 0 Å². The van der Waals surface area contributed by atoms with Gasteiger partial charge in [0.2, 0.25) is 5.89 Å². The first-order chi connectivity index (χ1) is 11.2. The molecule has 0 aliphatic heterocycles. The molecule has 1 saturated carbocycles. The van der Waals surface area contributed by atoms with Crippen molar-refractivity contribution in [2.45, 2.75) is 45.1 Å². The first-order valence-corrected chi connectivity index (χ1v) is 9.23. The van der Waals surface area contributed by atoms with Gasteiger partial charge in [-0.3, -0.25) is 4.90 Å². The minimum absolute atomic E-state index is 0.115. The van der Waals surface area contributed by atoms with E-state index >= 15 is 0 Å². The standard InChI is InChI=1S/C17H23N3O2S/c1-20(10-17(11-21)6-7-17)9-15-18-19-16(22-15)14-8-12-4-2-3-5-13(12)23-14/h8,21H,2-7,9-11H2,1H3. The highest BCUT2D eigenvalue weighted by molar-refractivity contribution is 7.15. The van der Waals surface area contributed by atoms with E-state index in [-0.39, 0.29) is 12.0 Å². The van der Waals surface area contributed by atoms with Crippen molar-refractivity contribution in [3.63, 3.8) is 0 Å². The maximum Gasteiger partial charge on any atom is 0.257 e. The number of fused-ring (bicyclic) bond motifs is 1. The topological polar surface area (TPSA) is 62.4 Å². The average molecular weight is 333 g/mol. The van der Waals surface area contributed by atoms with E-state index in [1.165, 1.54) is 36.1 Å². The largest absolute Gasteiger partial charge is 0.419 e. The Hall–Kier alpha value is -1.24. The second-order valence-electron chi connectivity index (χ2n) is 7.10. The lowest BCUT2D eigenvalue weighted by Gasteiger charge is -2.20. The van der Waals surface area contributed by atoms with Crippen LogP contribution in [0.25, 0.3) is 10.8 Å². The van der Waals surface area contributed by atoms with Gasteiger partial charge in [-0.1, -0.05) is 0 Å². The molecule has 124 valence electrons. The maximum absolute atomic E-state index is 9.43. The number of hydrogen-bond acceptors (Lipinski definition) is 6. The third-order valence-corrected chi connectivity index (χ3v) is 6.20. The third-order valence-electron chi connectivity index (χ3n) is 4.98. The molecule has 0 saturated heterocycles. The van der Waals surface area contributed by atoms with Crippen molar-refractivity contribution >= 4 is 11.3 Å². The van der Waals surface area contributed by atoms with Crippen LogP contribution in [0.5, 0.6) is 0 Å². The summed E-state index contributed by atoms with van der Waals surface area (Å²) in [5.41, 5.74) is 1.58. The second-order valence-corrected chi connectivity index (χ2v) is 8.23. The van der Waals surface area contributed by atoms with Gasteiger partial charge in [-0.15, -0.1) is 21.5 Å². The molecule has 6 heteroatoms. The minimum atomic E-state index is 0.115. The second kappa shape index (κ2) is 6.00. The molecule has 2 aliphatic carbocycles. The molecule has 0 atom stereocenters. The Balaban J connectivity index is 1.43. The summed E-state index contributed by atoms with van der Waals surface area (Å²) in [5, 5.41) is 17.9. The van der Waals surface area contributed by atoms with Crippen LogP contribution in [-0.2, 0) is 19.4 Å². The molecule has 5 nitrogen and oxygen atoms in total. The van der Waals surface area contributed by atoms with Crippen LogP contribution < -0.4 is 0 Å². The number of hydrogen-bond donors (Lipinski definition) is 1. The van der Waals surface area contributed by atoms with E-state index in [0.717, 1.165) is 24.3 Å². The fourth-order valence-corrected chi connectivity index (χ4v) is 4.59. The monoisotopic (exact) mass is 333 g/mol. The van der Waals surface area contributed by atoms with Gasteiger partial charge in [-0.25, -0.2) is 0 Å². The smallest absolute Gasteiger partial charge is 0.257 e. The summed E-state index contributed by atoms with van der Waals surface area (Å²) in [4.78, 5) is 4.76. The van der Waals surface area contributed by atoms with Gasteiger partial charge in [0.15, 0.2) is 0 Å². The summed E-state index contributed by atoms with van der Waals surface area (Å²) in [6, 6.07) is 2.23. The lowest BCUT2D eigenvalue weighted by Crippen LogP contribution is -2.28. The minimum Gasteiger partial charge on any atom is -0.419 e. The highest BCUT2D eigenvalue weighted by Crippen LogP contribution is 2.45. The van der Waals surface area contributed by atoms with E-state index in [0.29, 0.717) is 18.3 Å². The molecule has 4 rings (SSSR count). The lowest BCUT2D eigenvalue weighted by molar-refractivity contribution is 0.155. The summed E-state index contributed by atoms with van der Waals surface area (Å²) in [6.45, 7) is 1.79. The number of aromatic nitrogens is 2. The van der Waals surface area contributed by atoms with E-state index in [9.17, 15) is 5.11 Å². The Kier molecular flexibility index (Phi) is 3.99. The fraction of sp³-hybridized carbons (Fsp3) is 0.647. The van der Waals surface area contributed by atoms with Crippen LogP contribution in [0.3, 0.4) is 0 Å². The van der Waals surface area contributed by atoms with E-state index in [1.54, 1.807) is 11.3 Å². The number of thiophene rings is 1. The lowest BCUT2D eigenvalue weighted by atomic mass is 9.99. The Labute approximate surface area is 140 Å². The summed E-state index contributed by atoms with van der Waals surface area (Å²) in [6.07, 6.45) is 7.17. The molecule has 1 N–H and O–H groups in total. The van der Waals surface area contributed by atoms with Crippen molar-refractivity contribution in [3.05, 3.63) is 22.4 Å². The van der Waals surface area contributed by atoms with Crippen LogP contribution in [0.15, 0.2) is 10.5 Å². The summed E-state index contributed by atoms with van der Waals surface area (Å²) in [7, 11) is 2.05. The highest BCUT2D eigenvalue weighted by Gasteiger charge is 2.42. The molecule has 1 fully saturated rings. The number of nitrogens with zero attached hydrogens (tertiary/aromatic N) is 3. The van der Waals surface area contributed by atoms with Crippen molar-refractivity contribution in [1.82, 2.24) is 15.1 Å². The van der Waals surface area contributed by atoms with Gasteiger partial charge in [0.05, 0.1) is 11.4 Å². The molecule has 23 heavy (non-hydrogen) atoms. The van der Waals surface area contributed by atoms with Gasteiger partial charge >= 0.3 is 0 Å². The van der Waals surface area contributed by atoms with Gasteiger partial charge in [-0.05, 0) is 57.2 Å². The molecule has 0 amide bonds. The zero-order chi connectivity index (χ0) is 15.9. The Morgan fingerprint density at radius 1 is 1.30 bits per heavy atom. The van der Waals surface area contributed by atoms with Gasteiger partial charge in [0.25, 0.3) is 5.89 Å². The van der Waals surface area contributed by atoms with Crippen molar-refractivity contribution in [1.29, 1.82) is 0 Å². The molecule has 0 aromatic carbocycles. The molecule has 2 aliphatic rings. The Morgan fingerprint density at radius 3 is 2.87 bits per heavy atom. The normalized spacial score (nSPS) is 19.1. The van der Waals surface area contributed by atoms with Crippen LogP contribution in [-0.4, -0.2) is 40.4 Å². The number of aliphatic hydroxyl groups excluding tert-OH is 1. The fourth-order valence-electron chi connectivity index (χ4n) is 3.42. The van der Waals surface area contributed by atoms with Crippen LogP contribution in [0.1, 0.15) is 42.0 Å². The molecular formula is C17H23N3O2S. The van der Waals surface area contributed by atoms with Crippen molar-refractivity contribution in [2.24, 2.45) is 5.41 Å². The quantitative estimate of drug-likeness (QED) is 0.881. The molecule has 0 radical (unpaired) electrons.